The molecule has 1 heterocycles. The monoisotopic (exact) mass is 239 g/mol. The summed E-state index contributed by atoms with van der Waals surface area (Å²) in [5.41, 5.74) is 5.59. The topological polar surface area (TPSA) is 67.9 Å². The van der Waals surface area contributed by atoms with Crippen LogP contribution in [0.2, 0.25) is 5.28 Å². The van der Waals surface area contributed by atoms with Crippen LogP contribution < -0.4 is 10.6 Å². The van der Waals surface area contributed by atoms with Gasteiger partial charge in [-0.15, -0.1) is 0 Å². The van der Waals surface area contributed by atoms with Crippen molar-refractivity contribution in [2.24, 2.45) is 5.92 Å². The second-order valence-electron chi connectivity index (χ2n) is 4.59. The summed E-state index contributed by atoms with van der Waals surface area (Å²) in [6.45, 7) is 1.03. The number of aromatic nitrogens is 3. The third kappa shape index (κ3) is 2.19. The van der Waals surface area contributed by atoms with E-state index in [0.29, 0.717) is 12.0 Å². The lowest BCUT2D eigenvalue weighted by Gasteiger charge is -2.22. The minimum atomic E-state index is 0.184. The van der Waals surface area contributed by atoms with E-state index in [1.54, 1.807) is 0 Å². The van der Waals surface area contributed by atoms with E-state index in [1.165, 1.54) is 25.7 Å². The Bertz CT molecular complexity index is 382. The second-order valence-corrected chi connectivity index (χ2v) is 4.93. The number of nitrogens with zero attached hydrogens (tertiary/aromatic N) is 4. The van der Waals surface area contributed by atoms with Crippen molar-refractivity contribution in [3.8, 4) is 0 Å². The lowest BCUT2D eigenvalue weighted by molar-refractivity contribution is 0.695. The van der Waals surface area contributed by atoms with Crippen LogP contribution in [0.1, 0.15) is 25.7 Å². The van der Waals surface area contributed by atoms with E-state index in [1.807, 2.05) is 0 Å². The van der Waals surface area contributed by atoms with E-state index in [9.17, 15) is 0 Å². The minimum absolute atomic E-state index is 0.184. The molecule has 0 aliphatic heterocycles. The summed E-state index contributed by atoms with van der Waals surface area (Å²) in [5.74, 6) is 1.65. The minimum Gasteiger partial charge on any atom is -0.368 e. The molecule has 0 atom stereocenters. The van der Waals surface area contributed by atoms with Crippen molar-refractivity contribution in [2.45, 2.75) is 31.7 Å². The van der Waals surface area contributed by atoms with Crippen LogP contribution in [-0.4, -0.2) is 27.5 Å². The van der Waals surface area contributed by atoms with Crippen molar-refractivity contribution in [2.75, 3.05) is 17.2 Å². The highest BCUT2D eigenvalue weighted by atomic mass is 35.5. The third-order valence-electron chi connectivity index (χ3n) is 3.01. The van der Waals surface area contributed by atoms with Crippen LogP contribution in [-0.2, 0) is 0 Å². The molecule has 2 fully saturated rings. The Morgan fingerprint density at radius 2 is 1.94 bits per heavy atom. The van der Waals surface area contributed by atoms with Gasteiger partial charge >= 0.3 is 0 Å². The Morgan fingerprint density at radius 1 is 1.19 bits per heavy atom. The van der Waals surface area contributed by atoms with E-state index >= 15 is 0 Å². The maximum absolute atomic E-state index is 5.80. The van der Waals surface area contributed by atoms with Crippen molar-refractivity contribution in [1.29, 1.82) is 0 Å². The summed E-state index contributed by atoms with van der Waals surface area (Å²) in [6, 6.07) is 0.582. The van der Waals surface area contributed by atoms with Gasteiger partial charge in [0.25, 0.3) is 0 Å². The van der Waals surface area contributed by atoms with Crippen LogP contribution in [0.15, 0.2) is 0 Å². The van der Waals surface area contributed by atoms with E-state index < -0.39 is 0 Å². The molecular weight excluding hydrogens is 226 g/mol. The van der Waals surface area contributed by atoms with Crippen LogP contribution in [0.5, 0.6) is 0 Å². The highest BCUT2D eigenvalue weighted by Crippen LogP contribution is 2.36. The second kappa shape index (κ2) is 3.73. The summed E-state index contributed by atoms with van der Waals surface area (Å²) < 4.78 is 0. The van der Waals surface area contributed by atoms with Crippen LogP contribution >= 0.6 is 11.6 Å². The highest BCUT2D eigenvalue weighted by Gasteiger charge is 2.35. The maximum Gasteiger partial charge on any atom is 0.231 e. The summed E-state index contributed by atoms with van der Waals surface area (Å²) >= 11 is 5.80. The molecule has 0 saturated heterocycles. The SMILES string of the molecule is Nc1nc(Cl)nc(N(CC2CC2)C2CC2)n1. The van der Waals surface area contributed by atoms with Crippen molar-refractivity contribution < 1.29 is 0 Å². The molecule has 86 valence electrons. The molecule has 0 radical (unpaired) electrons. The predicted octanol–water partition coefficient (Wildman–Crippen LogP) is 1.49. The number of nitrogen functional groups attached to an aromatic ring is 1. The Balaban J connectivity index is 1.84. The molecule has 0 unspecified atom stereocenters. The average molecular weight is 240 g/mol. The van der Waals surface area contributed by atoms with E-state index in [4.69, 9.17) is 17.3 Å². The maximum atomic E-state index is 5.80. The molecule has 1 aromatic rings. The first-order chi connectivity index (χ1) is 7.72. The molecule has 0 amide bonds. The van der Waals surface area contributed by atoms with Crippen LogP contribution in [0.25, 0.3) is 0 Å². The first kappa shape index (κ1) is 10.1. The van der Waals surface area contributed by atoms with Crippen LogP contribution in [0.3, 0.4) is 0 Å². The smallest absolute Gasteiger partial charge is 0.231 e. The van der Waals surface area contributed by atoms with Gasteiger partial charge in [0.15, 0.2) is 0 Å². The fraction of sp³-hybridized carbons (Fsp3) is 0.700. The van der Waals surface area contributed by atoms with E-state index in [0.717, 1.165) is 12.5 Å². The fourth-order valence-corrected chi connectivity index (χ4v) is 2.00. The number of hydrogen-bond acceptors (Lipinski definition) is 5. The van der Waals surface area contributed by atoms with Crippen molar-refractivity contribution in [1.82, 2.24) is 15.0 Å². The zero-order valence-corrected chi connectivity index (χ0v) is 9.69. The Kier molecular flexibility index (Phi) is 2.35. The van der Waals surface area contributed by atoms with Crippen LogP contribution in [0, 0.1) is 5.92 Å². The van der Waals surface area contributed by atoms with Gasteiger partial charge in [-0.25, -0.2) is 0 Å². The van der Waals surface area contributed by atoms with E-state index in [-0.39, 0.29) is 11.2 Å². The molecule has 2 saturated carbocycles. The quantitative estimate of drug-likeness (QED) is 0.862. The first-order valence-corrected chi connectivity index (χ1v) is 6.04. The molecule has 1 aromatic heterocycles. The normalized spacial score (nSPS) is 19.8. The van der Waals surface area contributed by atoms with Gasteiger partial charge in [0, 0.05) is 12.6 Å². The largest absolute Gasteiger partial charge is 0.368 e. The fourth-order valence-electron chi connectivity index (χ4n) is 1.84. The average Bonchev–Trinajstić information content (AvgIpc) is 3.07. The predicted molar refractivity (Wildman–Crippen MR) is 62.3 cm³/mol. The zero-order valence-electron chi connectivity index (χ0n) is 8.93. The molecule has 2 aliphatic carbocycles. The molecule has 16 heavy (non-hydrogen) atoms. The van der Waals surface area contributed by atoms with E-state index in [2.05, 4.69) is 19.9 Å². The molecule has 2 N–H and O–H groups in total. The van der Waals surface area contributed by atoms with Gasteiger partial charge in [-0.2, -0.15) is 15.0 Å². The van der Waals surface area contributed by atoms with Gasteiger partial charge in [-0.05, 0) is 43.2 Å². The van der Waals surface area contributed by atoms with Crippen LogP contribution in [0.4, 0.5) is 11.9 Å². The Morgan fingerprint density at radius 3 is 2.50 bits per heavy atom. The highest BCUT2D eigenvalue weighted by molar-refractivity contribution is 6.28. The molecule has 0 aromatic carbocycles. The van der Waals surface area contributed by atoms with Crippen molar-refractivity contribution >= 4 is 23.5 Å². The lowest BCUT2D eigenvalue weighted by atomic mass is 10.3. The van der Waals surface area contributed by atoms with Crippen molar-refractivity contribution in [3.05, 3.63) is 5.28 Å². The molecule has 5 nitrogen and oxygen atoms in total. The lowest BCUT2D eigenvalue weighted by Crippen LogP contribution is -2.30. The summed E-state index contributed by atoms with van der Waals surface area (Å²) in [6.07, 6.45) is 5.07. The standard InChI is InChI=1S/C10H14ClN5/c11-8-13-9(12)15-10(14-8)16(7-3-4-7)5-6-1-2-6/h6-7H,1-5H2,(H2,12,13,14,15). The molecule has 0 bridgehead atoms. The summed E-state index contributed by atoms with van der Waals surface area (Å²) in [4.78, 5) is 14.4. The molecule has 6 heteroatoms. The van der Waals surface area contributed by atoms with Gasteiger partial charge in [0.05, 0.1) is 0 Å². The van der Waals surface area contributed by atoms with Gasteiger partial charge < -0.3 is 10.6 Å². The number of hydrogen-bond donors (Lipinski definition) is 1. The van der Waals surface area contributed by atoms with Gasteiger partial charge in [0.1, 0.15) is 0 Å². The number of anilines is 2. The molecular formula is C10H14ClN5. The zero-order chi connectivity index (χ0) is 11.1. The number of rotatable bonds is 4. The number of halogens is 1. The summed E-state index contributed by atoms with van der Waals surface area (Å²) in [5, 5.41) is 0.184. The van der Waals surface area contributed by atoms with Gasteiger partial charge in [0.2, 0.25) is 17.2 Å². The number of nitrogens with two attached hydrogens (primary N) is 1. The van der Waals surface area contributed by atoms with Gasteiger partial charge in [-0.1, -0.05) is 0 Å². The summed E-state index contributed by atoms with van der Waals surface area (Å²) in [7, 11) is 0. The van der Waals surface area contributed by atoms with Gasteiger partial charge in [-0.3, -0.25) is 0 Å². The Labute approximate surface area is 99.0 Å². The third-order valence-corrected chi connectivity index (χ3v) is 3.18. The molecule has 0 spiro atoms. The Hall–Kier alpha value is -1.10. The molecule has 3 rings (SSSR count). The first-order valence-electron chi connectivity index (χ1n) is 5.66. The molecule has 2 aliphatic rings. The van der Waals surface area contributed by atoms with Crippen molar-refractivity contribution in [3.63, 3.8) is 0 Å².